The van der Waals surface area contributed by atoms with Crippen LogP contribution in [0.2, 0.25) is 0 Å². The highest BCUT2D eigenvalue weighted by Crippen LogP contribution is 2.19. The van der Waals surface area contributed by atoms with Gasteiger partial charge in [0.2, 0.25) is 5.91 Å². The predicted octanol–water partition coefficient (Wildman–Crippen LogP) is 2.37. The summed E-state index contributed by atoms with van der Waals surface area (Å²) in [5, 5.41) is 0. The number of ether oxygens (including phenoxy) is 1. The average Bonchev–Trinajstić information content (AvgIpc) is 2.64. The maximum absolute atomic E-state index is 12.6. The Labute approximate surface area is 149 Å². The summed E-state index contributed by atoms with van der Waals surface area (Å²) in [4.78, 5) is 28.2. The molecule has 0 aromatic heterocycles. The molecule has 0 radical (unpaired) electrons. The molecule has 0 bridgehead atoms. The topological polar surface area (TPSA) is 75.9 Å². The first kappa shape index (κ1) is 19.2. The summed E-state index contributed by atoms with van der Waals surface area (Å²) in [5.74, 6) is -0.0499. The van der Waals surface area contributed by atoms with Gasteiger partial charge < -0.3 is 20.3 Å². The van der Waals surface area contributed by atoms with Gasteiger partial charge in [-0.25, -0.2) is 4.79 Å². The minimum Gasteiger partial charge on any atom is -0.445 e. The third-order valence-corrected chi connectivity index (χ3v) is 4.59. The van der Waals surface area contributed by atoms with Crippen molar-refractivity contribution in [3.63, 3.8) is 0 Å². The molecule has 0 saturated carbocycles. The van der Waals surface area contributed by atoms with Crippen molar-refractivity contribution in [3.05, 3.63) is 35.9 Å². The third-order valence-electron chi connectivity index (χ3n) is 4.59. The number of piperidine rings is 1. The Morgan fingerprint density at radius 1 is 1.28 bits per heavy atom. The van der Waals surface area contributed by atoms with Crippen molar-refractivity contribution in [1.29, 1.82) is 0 Å². The van der Waals surface area contributed by atoms with Crippen LogP contribution in [0.15, 0.2) is 30.3 Å². The van der Waals surface area contributed by atoms with Gasteiger partial charge in [-0.3, -0.25) is 4.79 Å². The number of amides is 2. The van der Waals surface area contributed by atoms with E-state index in [1.807, 2.05) is 49.1 Å². The molecule has 2 amide bonds. The number of carbonyl (C=O) groups is 2. The lowest BCUT2D eigenvalue weighted by Gasteiger charge is -2.39. The second kappa shape index (κ2) is 9.42. The summed E-state index contributed by atoms with van der Waals surface area (Å²) in [6.45, 7) is 5.38. The van der Waals surface area contributed by atoms with Gasteiger partial charge in [-0.2, -0.15) is 0 Å². The van der Waals surface area contributed by atoms with Crippen LogP contribution in [0.3, 0.4) is 0 Å². The maximum Gasteiger partial charge on any atom is 0.410 e. The lowest BCUT2D eigenvalue weighted by Crippen LogP contribution is -2.53. The van der Waals surface area contributed by atoms with Gasteiger partial charge in [0.25, 0.3) is 0 Å². The Kier molecular flexibility index (Phi) is 7.25. The van der Waals surface area contributed by atoms with Crippen molar-refractivity contribution in [2.75, 3.05) is 19.6 Å². The summed E-state index contributed by atoms with van der Waals surface area (Å²) in [6, 6.07) is 9.63. The molecule has 1 aromatic carbocycles. The normalized spacial score (nSPS) is 17.4. The lowest BCUT2D eigenvalue weighted by molar-refractivity contribution is -0.133. The van der Waals surface area contributed by atoms with Crippen LogP contribution < -0.4 is 5.73 Å². The molecule has 1 aromatic rings. The average molecular weight is 347 g/mol. The molecule has 1 atom stereocenters. The Bertz CT molecular complexity index is 562. The smallest absolute Gasteiger partial charge is 0.410 e. The second-order valence-corrected chi connectivity index (χ2v) is 6.73. The van der Waals surface area contributed by atoms with Crippen LogP contribution in [-0.4, -0.2) is 53.5 Å². The molecule has 6 heteroatoms. The summed E-state index contributed by atoms with van der Waals surface area (Å²) >= 11 is 0. The molecule has 0 spiro atoms. The minimum absolute atomic E-state index is 0.0000264. The molecule has 1 saturated heterocycles. The number of hydrogen-bond acceptors (Lipinski definition) is 4. The van der Waals surface area contributed by atoms with Gasteiger partial charge in [-0.15, -0.1) is 0 Å². The number of nitrogens with zero attached hydrogens (tertiary/aromatic N) is 2. The number of nitrogens with two attached hydrogens (primary N) is 1. The third kappa shape index (κ3) is 5.46. The van der Waals surface area contributed by atoms with Crippen LogP contribution in [0.4, 0.5) is 4.79 Å². The molecule has 1 unspecified atom stereocenters. The van der Waals surface area contributed by atoms with E-state index in [1.165, 1.54) is 0 Å². The van der Waals surface area contributed by atoms with Gasteiger partial charge >= 0.3 is 6.09 Å². The Morgan fingerprint density at radius 2 is 2.00 bits per heavy atom. The first-order chi connectivity index (χ1) is 12.0. The zero-order chi connectivity index (χ0) is 18.2. The molecular formula is C19H29N3O3. The van der Waals surface area contributed by atoms with Crippen molar-refractivity contribution in [2.45, 2.75) is 51.8 Å². The summed E-state index contributed by atoms with van der Waals surface area (Å²) < 4.78 is 5.47. The van der Waals surface area contributed by atoms with Crippen molar-refractivity contribution in [1.82, 2.24) is 9.80 Å². The van der Waals surface area contributed by atoms with E-state index in [2.05, 4.69) is 0 Å². The Balaban J connectivity index is 1.98. The van der Waals surface area contributed by atoms with E-state index in [1.54, 1.807) is 4.90 Å². The fraction of sp³-hybridized carbons (Fsp3) is 0.579. The van der Waals surface area contributed by atoms with Crippen molar-refractivity contribution >= 4 is 12.0 Å². The summed E-state index contributed by atoms with van der Waals surface area (Å²) in [5.41, 5.74) is 6.49. The number of rotatable bonds is 6. The lowest BCUT2D eigenvalue weighted by atomic mass is 10.0. The molecule has 6 nitrogen and oxygen atoms in total. The Hall–Kier alpha value is -2.08. The quantitative estimate of drug-likeness (QED) is 0.857. The minimum atomic E-state index is -0.343. The highest BCUT2D eigenvalue weighted by Gasteiger charge is 2.30. The number of benzene rings is 1. The summed E-state index contributed by atoms with van der Waals surface area (Å²) in [7, 11) is 0. The standard InChI is InChI=1S/C19H29N3O3/c1-15(2)22(19(24)25-14-16-8-4-3-5-9-16)13-17-10-6-7-11-21(17)18(23)12-20/h3-5,8-9,15,17H,6-7,10-14,20H2,1-2H3. The van der Waals surface area contributed by atoms with Gasteiger partial charge in [-0.05, 0) is 38.7 Å². The molecule has 138 valence electrons. The van der Waals surface area contributed by atoms with Gasteiger partial charge in [0.15, 0.2) is 0 Å². The van der Waals surface area contributed by atoms with Crippen LogP contribution in [0.25, 0.3) is 0 Å². The van der Waals surface area contributed by atoms with E-state index in [9.17, 15) is 9.59 Å². The van der Waals surface area contributed by atoms with Crippen molar-refractivity contribution in [2.24, 2.45) is 5.73 Å². The molecule has 1 aliphatic rings. The predicted molar refractivity (Wildman–Crippen MR) is 96.9 cm³/mol. The van der Waals surface area contributed by atoms with E-state index in [-0.39, 0.29) is 37.2 Å². The highest BCUT2D eigenvalue weighted by atomic mass is 16.6. The molecule has 2 N–H and O–H groups in total. The van der Waals surface area contributed by atoms with E-state index in [0.717, 1.165) is 24.8 Å². The van der Waals surface area contributed by atoms with E-state index in [4.69, 9.17) is 10.5 Å². The molecule has 1 aliphatic heterocycles. The number of hydrogen-bond donors (Lipinski definition) is 1. The second-order valence-electron chi connectivity index (χ2n) is 6.73. The van der Waals surface area contributed by atoms with Gasteiger partial charge in [0, 0.05) is 25.2 Å². The molecule has 1 fully saturated rings. The fourth-order valence-electron chi connectivity index (χ4n) is 3.16. The summed E-state index contributed by atoms with van der Waals surface area (Å²) in [6.07, 6.45) is 2.59. The van der Waals surface area contributed by atoms with Crippen molar-refractivity contribution < 1.29 is 14.3 Å². The monoisotopic (exact) mass is 347 g/mol. The van der Waals surface area contributed by atoms with Gasteiger partial charge in [0.1, 0.15) is 6.61 Å². The van der Waals surface area contributed by atoms with Crippen molar-refractivity contribution in [3.8, 4) is 0 Å². The molecule has 1 heterocycles. The fourth-order valence-corrected chi connectivity index (χ4v) is 3.16. The van der Waals surface area contributed by atoms with Crippen LogP contribution in [-0.2, 0) is 16.1 Å². The molecular weight excluding hydrogens is 318 g/mol. The SMILES string of the molecule is CC(C)N(CC1CCCCN1C(=O)CN)C(=O)OCc1ccccc1. The van der Waals surface area contributed by atoms with Gasteiger partial charge in [-0.1, -0.05) is 30.3 Å². The number of carbonyl (C=O) groups excluding carboxylic acids is 2. The van der Waals surface area contributed by atoms with E-state index < -0.39 is 0 Å². The first-order valence-corrected chi connectivity index (χ1v) is 8.99. The Morgan fingerprint density at radius 3 is 2.64 bits per heavy atom. The largest absolute Gasteiger partial charge is 0.445 e. The molecule has 2 rings (SSSR count). The van der Waals surface area contributed by atoms with Crippen LogP contribution in [0.1, 0.15) is 38.7 Å². The zero-order valence-electron chi connectivity index (χ0n) is 15.2. The molecule has 25 heavy (non-hydrogen) atoms. The van der Waals surface area contributed by atoms with E-state index in [0.29, 0.717) is 13.1 Å². The maximum atomic E-state index is 12.6. The van der Waals surface area contributed by atoms with E-state index >= 15 is 0 Å². The van der Waals surface area contributed by atoms with Crippen LogP contribution in [0, 0.1) is 0 Å². The number of likely N-dealkylation sites (tertiary alicyclic amines) is 1. The van der Waals surface area contributed by atoms with Crippen LogP contribution >= 0.6 is 0 Å². The van der Waals surface area contributed by atoms with Gasteiger partial charge in [0.05, 0.1) is 6.54 Å². The highest BCUT2D eigenvalue weighted by molar-refractivity contribution is 5.78. The molecule has 0 aliphatic carbocycles. The zero-order valence-corrected chi connectivity index (χ0v) is 15.2. The van der Waals surface area contributed by atoms with Crippen LogP contribution in [0.5, 0.6) is 0 Å². The first-order valence-electron chi connectivity index (χ1n) is 8.99.